The van der Waals surface area contributed by atoms with Gasteiger partial charge < -0.3 is 9.88 Å². The number of carbonyl (C=O) groups is 1. The number of thioether (sulfide) groups is 1. The third-order valence-corrected chi connectivity index (χ3v) is 4.34. The lowest BCUT2D eigenvalue weighted by Gasteiger charge is -2.14. The van der Waals surface area contributed by atoms with Crippen LogP contribution in [0.1, 0.15) is 12.5 Å². The number of hydrogen-bond acceptors (Lipinski definition) is 4. The highest BCUT2D eigenvalue weighted by Crippen LogP contribution is 2.36. The molecule has 2 rings (SSSR count). The summed E-state index contributed by atoms with van der Waals surface area (Å²) < 4.78 is 40.0. The van der Waals surface area contributed by atoms with Gasteiger partial charge in [-0.05, 0) is 25.1 Å². The summed E-state index contributed by atoms with van der Waals surface area (Å²) in [6.45, 7) is 1.62. The molecule has 0 fully saturated rings. The van der Waals surface area contributed by atoms with E-state index in [2.05, 4.69) is 15.5 Å². The van der Waals surface area contributed by atoms with Crippen LogP contribution in [0.15, 0.2) is 29.7 Å². The predicted octanol–water partition coefficient (Wildman–Crippen LogP) is 3.61. The van der Waals surface area contributed by atoms with E-state index in [0.29, 0.717) is 5.16 Å². The van der Waals surface area contributed by atoms with E-state index in [1.165, 1.54) is 12.4 Å². The monoisotopic (exact) mass is 364 g/mol. The van der Waals surface area contributed by atoms with E-state index < -0.39 is 27.9 Å². The number of nitrogens with zero attached hydrogens (tertiary/aromatic N) is 3. The topological polar surface area (TPSA) is 59.8 Å². The molecule has 1 atom stereocenters. The third kappa shape index (κ3) is 4.38. The predicted molar refractivity (Wildman–Crippen MR) is 81.4 cm³/mol. The maximum atomic E-state index is 12.8. The molecule has 2 aromatic rings. The summed E-state index contributed by atoms with van der Waals surface area (Å²) in [5.41, 5.74) is -0.970. The average Bonchev–Trinajstić information content (AvgIpc) is 2.85. The van der Waals surface area contributed by atoms with Gasteiger partial charge in [-0.2, -0.15) is 13.2 Å². The summed E-state index contributed by atoms with van der Waals surface area (Å²) in [5, 5.41) is 9.50. The lowest BCUT2D eigenvalue weighted by molar-refractivity contribution is -0.137. The first-order valence-corrected chi connectivity index (χ1v) is 7.62. The zero-order valence-corrected chi connectivity index (χ0v) is 13.6. The van der Waals surface area contributed by atoms with Crippen LogP contribution < -0.4 is 5.32 Å². The van der Waals surface area contributed by atoms with Crippen LogP contribution in [0.5, 0.6) is 0 Å². The van der Waals surface area contributed by atoms with Gasteiger partial charge in [0.05, 0.1) is 15.8 Å². The zero-order chi connectivity index (χ0) is 17.2. The Morgan fingerprint density at radius 3 is 2.70 bits per heavy atom. The van der Waals surface area contributed by atoms with Gasteiger partial charge in [0.2, 0.25) is 5.91 Å². The fourth-order valence-electron chi connectivity index (χ4n) is 1.66. The van der Waals surface area contributed by atoms with Gasteiger partial charge in [0.1, 0.15) is 6.33 Å². The molecule has 0 radical (unpaired) electrons. The number of alkyl halides is 3. The fraction of sp³-hybridized carbons (Fsp3) is 0.308. The second kappa shape index (κ2) is 6.79. The molecule has 1 aromatic heterocycles. The van der Waals surface area contributed by atoms with Gasteiger partial charge in [0, 0.05) is 12.7 Å². The van der Waals surface area contributed by atoms with Gasteiger partial charge in [-0.25, -0.2) is 0 Å². The molecule has 0 spiro atoms. The number of carbonyl (C=O) groups excluding carboxylic acids is 1. The van der Waals surface area contributed by atoms with Crippen molar-refractivity contribution in [3.8, 4) is 0 Å². The normalized spacial score (nSPS) is 13.0. The van der Waals surface area contributed by atoms with E-state index in [0.717, 1.165) is 23.9 Å². The first kappa shape index (κ1) is 17.6. The molecule has 0 bridgehead atoms. The van der Waals surface area contributed by atoms with E-state index in [-0.39, 0.29) is 5.69 Å². The second-order valence-electron chi connectivity index (χ2n) is 4.67. The number of hydrogen-bond donors (Lipinski definition) is 1. The van der Waals surface area contributed by atoms with E-state index in [9.17, 15) is 18.0 Å². The number of halogens is 4. The SMILES string of the molecule is C[C@H](Sc1nncn1C)C(=O)Nc1ccc(Cl)c(C(F)(F)F)c1. The van der Waals surface area contributed by atoms with E-state index in [1.807, 2.05) is 0 Å². The average molecular weight is 365 g/mol. The molecule has 0 saturated carbocycles. The summed E-state index contributed by atoms with van der Waals surface area (Å²) in [7, 11) is 1.72. The molecular weight excluding hydrogens is 353 g/mol. The van der Waals surface area contributed by atoms with Crippen LogP contribution in [0.3, 0.4) is 0 Å². The van der Waals surface area contributed by atoms with Crippen molar-refractivity contribution in [1.29, 1.82) is 0 Å². The van der Waals surface area contributed by atoms with Gasteiger partial charge in [-0.3, -0.25) is 4.79 Å². The maximum Gasteiger partial charge on any atom is 0.417 e. The molecule has 10 heteroatoms. The molecule has 0 aliphatic rings. The molecular formula is C13H12ClF3N4OS. The van der Waals surface area contributed by atoms with E-state index in [4.69, 9.17) is 11.6 Å². The van der Waals surface area contributed by atoms with Crippen molar-refractivity contribution in [1.82, 2.24) is 14.8 Å². The molecule has 1 heterocycles. The highest BCUT2D eigenvalue weighted by molar-refractivity contribution is 8.00. The van der Waals surface area contributed by atoms with Crippen LogP contribution in [-0.2, 0) is 18.0 Å². The highest BCUT2D eigenvalue weighted by atomic mass is 35.5. The number of aromatic nitrogens is 3. The van der Waals surface area contributed by atoms with E-state index in [1.54, 1.807) is 18.5 Å². The molecule has 23 heavy (non-hydrogen) atoms. The summed E-state index contributed by atoms with van der Waals surface area (Å²) >= 11 is 6.68. The summed E-state index contributed by atoms with van der Waals surface area (Å²) in [4.78, 5) is 12.1. The Morgan fingerprint density at radius 2 is 2.13 bits per heavy atom. The Hall–Kier alpha value is -1.74. The van der Waals surface area contributed by atoms with Crippen molar-refractivity contribution in [2.24, 2.45) is 7.05 Å². The van der Waals surface area contributed by atoms with Gasteiger partial charge >= 0.3 is 6.18 Å². The largest absolute Gasteiger partial charge is 0.417 e. The van der Waals surface area contributed by atoms with Crippen LogP contribution in [0.4, 0.5) is 18.9 Å². The van der Waals surface area contributed by atoms with Gasteiger partial charge in [-0.1, -0.05) is 23.4 Å². The minimum Gasteiger partial charge on any atom is -0.325 e. The number of anilines is 1. The first-order valence-electron chi connectivity index (χ1n) is 6.36. The second-order valence-corrected chi connectivity index (χ2v) is 6.38. The number of aryl methyl sites for hydroxylation is 1. The zero-order valence-electron chi connectivity index (χ0n) is 12.1. The third-order valence-electron chi connectivity index (χ3n) is 2.86. The first-order chi connectivity index (χ1) is 10.7. The van der Waals surface area contributed by atoms with Gasteiger partial charge in [0.15, 0.2) is 5.16 Å². The number of benzene rings is 1. The Morgan fingerprint density at radius 1 is 1.43 bits per heavy atom. The molecule has 1 aromatic carbocycles. The Balaban J connectivity index is 2.09. The van der Waals surface area contributed by atoms with Crippen molar-refractivity contribution in [3.63, 3.8) is 0 Å². The van der Waals surface area contributed by atoms with Crippen molar-refractivity contribution in [3.05, 3.63) is 35.1 Å². The van der Waals surface area contributed by atoms with Crippen molar-refractivity contribution >= 4 is 35.0 Å². The smallest absolute Gasteiger partial charge is 0.325 e. The molecule has 0 aliphatic heterocycles. The molecule has 5 nitrogen and oxygen atoms in total. The minimum absolute atomic E-state index is 0.0251. The molecule has 0 saturated heterocycles. The lowest BCUT2D eigenvalue weighted by atomic mass is 10.2. The number of nitrogens with one attached hydrogen (secondary N) is 1. The molecule has 1 N–H and O–H groups in total. The summed E-state index contributed by atoms with van der Waals surface area (Å²) in [6, 6.07) is 3.22. The minimum atomic E-state index is -4.59. The van der Waals surface area contributed by atoms with Gasteiger partial charge in [-0.15, -0.1) is 10.2 Å². The molecule has 0 unspecified atom stereocenters. The summed E-state index contributed by atoms with van der Waals surface area (Å²) in [6.07, 6.45) is -3.10. The highest BCUT2D eigenvalue weighted by Gasteiger charge is 2.33. The fourth-order valence-corrected chi connectivity index (χ4v) is 2.67. The van der Waals surface area contributed by atoms with Crippen LogP contribution in [0, 0.1) is 0 Å². The van der Waals surface area contributed by atoms with E-state index >= 15 is 0 Å². The maximum absolute atomic E-state index is 12.8. The standard InChI is InChI=1S/C13H12ClF3N4OS/c1-7(23-12-20-18-6-21(12)2)11(22)19-8-3-4-10(14)9(5-8)13(15,16)17/h3-7H,1-2H3,(H,19,22)/t7-/m0/s1. The van der Waals surface area contributed by atoms with Crippen LogP contribution >= 0.6 is 23.4 Å². The molecule has 0 aliphatic carbocycles. The number of rotatable bonds is 4. The van der Waals surface area contributed by atoms with Crippen molar-refractivity contribution in [2.45, 2.75) is 23.5 Å². The van der Waals surface area contributed by atoms with Crippen molar-refractivity contribution in [2.75, 3.05) is 5.32 Å². The Kier molecular flexibility index (Phi) is 5.20. The number of amides is 1. The Bertz CT molecular complexity index is 719. The van der Waals surface area contributed by atoms with Crippen LogP contribution in [0.2, 0.25) is 5.02 Å². The van der Waals surface area contributed by atoms with Gasteiger partial charge in [0.25, 0.3) is 0 Å². The molecule has 1 amide bonds. The molecule has 124 valence electrons. The van der Waals surface area contributed by atoms with Crippen molar-refractivity contribution < 1.29 is 18.0 Å². The Labute approximate surface area is 139 Å². The van der Waals surface area contributed by atoms with Crippen LogP contribution in [0.25, 0.3) is 0 Å². The lowest BCUT2D eigenvalue weighted by Crippen LogP contribution is -2.23. The van der Waals surface area contributed by atoms with Crippen LogP contribution in [-0.4, -0.2) is 25.9 Å². The quantitative estimate of drug-likeness (QED) is 0.842. The summed E-state index contributed by atoms with van der Waals surface area (Å²) in [5.74, 6) is -0.451.